The molecule has 2 amide bonds. The van der Waals surface area contributed by atoms with E-state index in [9.17, 15) is 18.0 Å². The van der Waals surface area contributed by atoms with Crippen molar-refractivity contribution in [2.45, 2.75) is 31.6 Å². The van der Waals surface area contributed by atoms with Crippen LogP contribution >= 0.6 is 0 Å². The van der Waals surface area contributed by atoms with E-state index in [4.69, 9.17) is 0 Å². The number of H-pyrrole nitrogens is 1. The van der Waals surface area contributed by atoms with Gasteiger partial charge in [-0.15, -0.1) is 0 Å². The third kappa shape index (κ3) is 4.80. The normalized spacial score (nSPS) is 15.6. The van der Waals surface area contributed by atoms with Gasteiger partial charge >= 0.3 is 12.2 Å². The van der Waals surface area contributed by atoms with Crippen molar-refractivity contribution < 1.29 is 18.0 Å². The van der Waals surface area contributed by atoms with Crippen molar-refractivity contribution in [3.05, 3.63) is 89.6 Å². The minimum Gasteiger partial charge on any atom is -0.362 e. The zero-order chi connectivity index (χ0) is 24.4. The van der Waals surface area contributed by atoms with Gasteiger partial charge in [0.25, 0.3) is 0 Å². The zero-order valence-corrected chi connectivity index (χ0v) is 18.8. The molecule has 0 radical (unpaired) electrons. The van der Waals surface area contributed by atoms with Gasteiger partial charge in [-0.1, -0.05) is 42.5 Å². The number of halogens is 3. The van der Waals surface area contributed by atoms with Crippen molar-refractivity contribution in [1.29, 1.82) is 0 Å². The van der Waals surface area contributed by atoms with Gasteiger partial charge in [0, 0.05) is 30.2 Å². The standard InChI is InChI=1S/C26H24F3N5O/c27-26(28,29)21-8-3-1-7-18(21)16-34-19(13-12-17-6-2-4-11-24(17)34)14-30-25(35)32-22-9-5-10-23-20(22)15-31-33-23/h1-11,15,19H,12-14,16H2,(H,31,33)(H2,30,32,35). The minimum absolute atomic E-state index is 0.0923. The van der Waals surface area contributed by atoms with E-state index in [1.165, 1.54) is 12.1 Å². The number of anilines is 2. The Labute approximate surface area is 200 Å². The fourth-order valence-electron chi connectivity index (χ4n) is 4.68. The molecular weight excluding hydrogens is 455 g/mol. The number of alkyl halides is 3. The van der Waals surface area contributed by atoms with Gasteiger partial charge in [0.15, 0.2) is 0 Å². The average Bonchev–Trinajstić information content (AvgIpc) is 3.33. The number of aryl methyl sites for hydroxylation is 1. The van der Waals surface area contributed by atoms with Crippen LogP contribution in [0.1, 0.15) is 23.1 Å². The fourth-order valence-corrected chi connectivity index (χ4v) is 4.68. The number of rotatable bonds is 5. The van der Waals surface area contributed by atoms with Crippen LogP contribution in [0, 0.1) is 0 Å². The van der Waals surface area contributed by atoms with Crippen molar-refractivity contribution in [2.24, 2.45) is 0 Å². The molecule has 1 aliphatic heterocycles. The Morgan fingerprint density at radius 3 is 2.71 bits per heavy atom. The summed E-state index contributed by atoms with van der Waals surface area (Å²) >= 11 is 0. The Balaban J connectivity index is 1.35. The summed E-state index contributed by atoms with van der Waals surface area (Å²) in [7, 11) is 0. The van der Waals surface area contributed by atoms with E-state index < -0.39 is 11.7 Å². The molecule has 4 aromatic rings. The number of urea groups is 1. The molecule has 0 spiro atoms. The van der Waals surface area contributed by atoms with Gasteiger partial charge in [-0.05, 0) is 48.2 Å². The molecule has 3 aromatic carbocycles. The highest BCUT2D eigenvalue weighted by atomic mass is 19.4. The summed E-state index contributed by atoms with van der Waals surface area (Å²) in [6, 6.07) is 18.3. The van der Waals surface area contributed by atoms with E-state index in [-0.39, 0.29) is 30.7 Å². The fraction of sp³-hybridized carbons (Fsp3) is 0.231. The molecule has 0 saturated heterocycles. The number of nitrogens with one attached hydrogen (secondary N) is 3. The molecule has 0 fully saturated rings. The van der Waals surface area contributed by atoms with Crippen LogP contribution in [0.3, 0.4) is 0 Å². The largest absolute Gasteiger partial charge is 0.416 e. The Kier molecular flexibility index (Phi) is 6.07. The summed E-state index contributed by atoms with van der Waals surface area (Å²) in [6.07, 6.45) is -1.30. The van der Waals surface area contributed by atoms with Crippen molar-refractivity contribution in [3.63, 3.8) is 0 Å². The number of carbonyl (C=O) groups excluding carboxylic acids is 1. The first kappa shape index (κ1) is 22.8. The SMILES string of the molecule is O=C(NCC1CCc2ccccc2N1Cc1ccccc1C(F)(F)F)Nc1cccc2[nH]ncc12. The second kappa shape index (κ2) is 9.32. The van der Waals surface area contributed by atoms with Gasteiger partial charge in [0.2, 0.25) is 0 Å². The maximum Gasteiger partial charge on any atom is 0.416 e. The highest BCUT2D eigenvalue weighted by Crippen LogP contribution is 2.36. The number of fused-ring (bicyclic) bond motifs is 2. The predicted molar refractivity (Wildman–Crippen MR) is 129 cm³/mol. The van der Waals surface area contributed by atoms with Crippen molar-refractivity contribution in [2.75, 3.05) is 16.8 Å². The van der Waals surface area contributed by atoms with Gasteiger partial charge in [0.1, 0.15) is 0 Å². The lowest BCUT2D eigenvalue weighted by Crippen LogP contribution is -2.47. The third-order valence-electron chi connectivity index (χ3n) is 6.38. The van der Waals surface area contributed by atoms with E-state index in [2.05, 4.69) is 20.8 Å². The van der Waals surface area contributed by atoms with E-state index in [0.29, 0.717) is 12.1 Å². The maximum absolute atomic E-state index is 13.7. The first-order chi connectivity index (χ1) is 16.9. The molecule has 6 nitrogen and oxygen atoms in total. The van der Waals surface area contributed by atoms with Crippen LogP contribution in [0.15, 0.2) is 72.9 Å². The number of aromatic amines is 1. The lowest BCUT2D eigenvalue weighted by molar-refractivity contribution is -0.138. The Hall–Kier alpha value is -4.01. The monoisotopic (exact) mass is 479 g/mol. The molecule has 1 aromatic heterocycles. The van der Waals surface area contributed by atoms with Crippen LogP contribution < -0.4 is 15.5 Å². The Morgan fingerprint density at radius 1 is 1.06 bits per heavy atom. The Morgan fingerprint density at radius 2 is 1.86 bits per heavy atom. The quantitative estimate of drug-likeness (QED) is 0.343. The molecule has 0 bridgehead atoms. The van der Waals surface area contributed by atoms with Crippen LogP contribution in [0.4, 0.5) is 29.3 Å². The van der Waals surface area contributed by atoms with Crippen LogP contribution in [0.2, 0.25) is 0 Å². The van der Waals surface area contributed by atoms with Crippen molar-refractivity contribution in [3.8, 4) is 0 Å². The van der Waals surface area contributed by atoms with E-state index >= 15 is 0 Å². The van der Waals surface area contributed by atoms with Gasteiger partial charge in [-0.3, -0.25) is 5.10 Å². The minimum atomic E-state index is -4.44. The summed E-state index contributed by atoms with van der Waals surface area (Å²) < 4.78 is 41.0. The summed E-state index contributed by atoms with van der Waals surface area (Å²) in [4.78, 5) is 14.7. The zero-order valence-electron chi connectivity index (χ0n) is 18.8. The molecule has 9 heteroatoms. The molecule has 1 atom stereocenters. The molecule has 1 unspecified atom stereocenters. The molecule has 35 heavy (non-hydrogen) atoms. The third-order valence-corrected chi connectivity index (χ3v) is 6.38. The molecule has 1 aliphatic rings. The van der Waals surface area contributed by atoms with Crippen LogP contribution in [0.5, 0.6) is 0 Å². The van der Waals surface area contributed by atoms with Gasteiger partial charge in [-0.25, -0.2) is 4.79 Å². The molecular formula is C26H24F3N5O. The topological polar surface area (TPSA) is 73.1 Å². The molecule has 180 valence electrons. The highest BCUT2D eigenvalue weighted by Gasteiger charge is 2.35. The number of hydrogen-bond donors (Lipinski definition) is 3. The number of carbonyl (C=O) groups is 1. The van der Waals surface area contributed by atoms with Crippen molar-refractivity contribution in [1.82, 2.24) is 15.5 Å². The van der Waals surface area contributed by atoms with Crippen LogP contribution in [0.25, 0.3) is 10.9 Å². The molecule has 2 heterocycles. The summed E-state index contributed by atoms with van der Waals surface area (Å²) in [6.45, 7) is 0.380. The highest BCUT2D eigenvalue weighted by molar-refractivity contribution is 6.00. The average molecular weight is 480 g/mol. The first-order valence-corrected chi connectivity index (χ1v) is 11.4. The summed E-state index contributed by atoms with van der Waals surface area (Å²) in [5.41, 5.74) is 2.98. The predicted octanol–water partition coefficient (Wildman–Crippen LogP) is 5.72. The number of nitrogens with zero attached hydrogens (tertiary/aromatic N) is 2. The lowest BCUT2D eigenvalue weighted by Gasteiger charge is -2.39. The number of amides is 2. The van der Waals surface area contributed by atoms with E-state index in [1.807, 2.05) is 41.3 Å². The summed E-state index contributed by atoms with van der Waals surface area (Å²) in [5, 5.41) is 13.4. The lowest BCUT2D eigenvalue weighted by atomic mass is 9.94. The second-order valence-corrected chi connectivity index (χ2v) is 8.58. The molecule has 0 aliphatic carbocycles. The molecule has 0 saturated carbocycles. The van der Waals surface area contributed by atoms with Crippen molar-refractivity contribution >= 4 is 28.3 Å². The number of benzene rings is 3. The number of hydrogen-bond acceptors (Lipinski definition) is 3. The smallest absolute Gasteiger partial charge is 0.362 e. The first-order valence-electron chi connectivity index (χ1n) is 11.4. The van der Waals surface area contributed by atoms with E-state index in [0.717, 1.165) is 34.6 Å². The number of para-hydroxylation sites is 1. The van der Waals surface area contributed by atoms with Crippen LogP contribution in [-0.2, 0) is 19.1 Å². The second-order valence-electron chi connectivity index (χ2n) is 8.58. The van der Waals surface area contributed by atoms with Gasteiger partial charge in [0.05, 0.1) is 23.0 Å². The Bertz CT molecular complexity index is 1350. The summed E-state index contributed by atoms with van der Waals surface area (Å²) in [5.74, 6) is 0. The maximum atomic E-state index is 13.7. The van der Waals surface area contributed by atoms with E-state index in [1.54, 1.807) is 18.3 Å². The van der Waals surface area contributed by atoms with Gasteiger partial charge < -0.3 is 15.5 Å². The molecule has 3 N–H and O–H groups in total. The number of aromatic nitrogens is 2. The van der Waals surface area contributed by atoms with Gasteiger partial charge in [-0.2, -0.15) is 18.3 Å². The molecule has 5 rings (SSSR count). The van der Waals surface area contributed by atoms with Crippen LogP contribution in [-0.4, -0.2) is 28.8 Å².